The van der Waals surface area contributed by atoms with E-state index in [0.29, 0.717) is 12.5 Å². The zero-order chi connectivity index (χ0) is 22.9. The van der Waals surface area contributed by atoms with Crippen LogP contribution in [-0.2, 0) is 28.9 Å². The van der Waals surface area contributed by atoms with Crippen molar-refractivity contribution in [1.82, 2.24) is 4.57 Å². The minimum Gasteiger partial charge on any atom is -0.465 e. The Morgan fingerprint density at radius 1 is 1.38 bits per heavy atom. The van der Waals surface area contributed by atoms with Crippen LogP contribution in [0.4, 0.5) is 5.00 Å². The largest absolute Gasteiger partial charge is 0.465 e. The Bertz CT molecular complexity index is 1220. The molecule has 0 amide bonds. The van der Waals surface area contributed by atoms with E-state index >= 15 is 0 Å². The predicted molar refractivity (Wildman–Crippen MR) is 130 cm³/mol. The van der Waals surface area contributed by atoms with Gasteiger partial charge < -0.3 is 9.30 Å². The number of fused-ring (bicyclic) bond motifs is 2. The number of nitriles is 1. The van der Waals surface area contributed by atoms with Gasteiger partial charge in [-0.2, -0.15) is 5.26 Å². The van der Waals surface area contributed by atoms with Crippen molar-refractivity contribution in [3.63, 3.8) is 0 Å². The third-order valence-corrected chi connectivity index (χ3v) is 7.49. The molecule has 6 heteroatoms. The van der Waals surface area contributed by atoms with Crippen molar-refractivity contribution in [2.24, 2.45) is 16.3 Å². The average molecular weight is 448 g/mol. The van der Waals surface area contributed by atoms with Crippen LogP contribution in [0.25, 0.3) is 10.9 Å². The SMILES string of the molecule is CCOC(=O)Cn1cc(C=Nc2sc3c(c2C#N)CC[C@@H](C(C)(C)C)C3)c2ccccc21. The van der Waals surface area contributed by atoms with Crippen molar-refractivity contribution in [1.29, 1.82) is 5.26 Å². The second-order valence-electron chi connectivity index (χ2n) is 9.39. The molecule has 2 aromatic heterocycles. The summed E-state index contributed by atoms with van der Waals surface area (Å²) in [7, 11) is 0. The zero-order valence-electron chi connectivity index (χ0n) is 19.1. The van der Waals surface area contributed by atoms with Gasteiger partial charge in [0, 0.05) is 33.8 Å². The molecule has 4 rings (SSSR count). The van der Waals surface area contributed by atoms with Crippen molar-refractivity contribution in [3.8, 4) is 6.07 Å². The third kappa shape index (κ3) is 4.35. The van der Waals surface area contributed by atoms with Crippen molar-refractivity contribution in [2.75, 3.05) is 6.61 Å². The number of aromatic nitrogens is 1. The van der Waals surface area contributed by atoms with E-state index in [2.05, 4.69) is 26.8 Å². The molecule has 0 radical (unpaired) electrons. The van der Waals surface area contributed by atoms with Crippen LogP contribution < -0.4 is 0 Å². The lowest BCUT2D eigenvalue weighted by Crippen LogP contribution is -2.26. The number of nitrogens with zero attached hydrogens (tertiary/aromatic N) is 3. The third-order valence-electron chi connectivity index (χ3n) is 6.33. The van der Waals surface area contributed by atoms with Crippen LogP contribution in [0.1, 0.15) is 55.7 Å². The Balaban J connectivity index is 1.67. The van der Waals surface area contributed by atoms with Crippen LogP contribution in [0.2, 0.25) is 0 Å². The summed E-state index contributed by atoms with van der Waals surface area (Å²) in [5, 5.41) is 11.6. The number of aliphatic imine (C=N–C) groups is 1. The molecule has 0 N–H and O–H groups in total. The van der Waals surface area contributed by atoms with Crippen molar-refractivity contribution in [3.05, 3.63) is 52.0 Å². The summed E-state index contributed by atoms with van der Waals surface area (Å²) in [6.07, 6.45) is 6.84. The maximum Gasteiger partial charge on any atom is 0.325 e. The molecule has 1 aliphatic carbocycles. The summed E-state index contributed by atoms with van der Waals surface area (Å²) in [5.74, 6) is 0.362. The van der Waals surface area contributed by atoms with Crippen molar-refractivity contribution in [2.45, 2.75) is 53.5 Å². The number of hydrogen-bond donors (Lipinski definition) is 0. The fraction of sp³-hybridized carbons (Fsp3) is 0.423. The van der Waals surface area contributed by atoms with Gasteiger partial charge >= 0.3 is 5.97 Å². The Morgan fingerprint density at radius 3 is 2.88 bits per heavy atom. The van der Waals surface area contributed by atoms with Gasteiger partial charge in [-0.25, -0.2) is 4.99 Å². The Hall–Kier alpha value is -2.91. The fourth-order valence-corrected chi connectivity index (χ4v) is 5.72. The number of carbonyl (C=O) groups excluding carboxylic acids is 1. The summed E-state index contributed by atoms with van der Waals surface area (Å²) in [6, 6.07) is 10.4. The molecule has 0 spiro atoms. The number of rotatable bonds is 5. The van der Waals surface area contributed by atoms with E-state index in [1.807, 2.05) is 41.2 Å². The summed E-state index contributed by atoms with van der Waals surface area (Å²) in [6.45, 7) is 9.22. The van der Waals surface area contributed by atoms with Crippen LogP contribution in [0, 0.1) is 22.7 Å². The van der Waals surface area contributed by atoms with Gasteiger partial charge in [0.15, 0.2) is 0 Å². The molecule has 1 aliphatic rings. The molecule has 0 aliphatic heterocycles. The smallest absolute Gasteiger partial charge is 0.325 e. The van der Waals surface area contributed by atoms with Gasteiger partial charge in [-0.1, -0.05) is 39.0 Å². The molecule has 0 saturated heterocycles. The number of carbonyl (C=O) groups is 1. The molecule has 32 heavy (non-hydrogen) atoms. The molecule has 0 saturated carbocycles. The average Bonchev–Trinajstić information content (AvgIpc) is 3.29. The summed E-state index contributed by atoms with van der Waals surface area (Å²) < 4.78 is 7.01. The molecule has 5 nitrogen and oxygen atoms in total. The Kier molecular flexibility index (Phi) is 6.21. The summed E-state index contributed by atoms with van der Waals surface area (Å²) >= 11 is 1.65. The molecule has 166 valence electrons. The van der Waals surface area contributed by atoms with E-state index in [4.69, 9.17) is 9.73 Å². The normalized spacial score (nSPS) is 16.3. The number of thiophene rings is 1. The summed E-state index contributed by atoms with van der Waals surface area (Å²) in [4.78, 5) is 18.1. The first-order valence-electron chi connectivity index (χ1n) is 11.1. The lowest BCUT2D eigenvalue weighted by atomic mass is 9.72. The van der Waals surface area contributed by atoms with Crippen LogP contribution in [0.3, 0.4) is 0 Å². The van der Waals surface area contributed by atoms with Gasteiger partial charge in [-0.15, -0.1) is 11.3 Å². The molecule has 2 heterocycles. The topological polar surface area (TPSA) is 67.4 Å². The van der Waals surface area contributed by atoms with E-state index < -0.39 is 0 Å². The second kappa shape index (κ2) is 8.91. The van der Waals surface area contributed by atoms with Crippen LogP contribution in [0.15, 0.2) is 35.5 Å². The minimum atomic E-state index is -0.261. The fourth-order valence-electron chi connectivity index (χ4n) is 4.50. The zero-order valence-corrected chi connectivity index (χ0v) is 20.0. The molecule has 0 unspecified atom stereocenters. The van der Waals surface area contributed by atoms with Gasteiger partial charge in [-0.3, -0.25) is 4.79 Å². The second-order valence-corrected chi connectivity index (χ2v) is 10.5. The highest BCUT2D eigenvalue weighted by Gasteiger charge is 2.32. The minimum absolute atomic E-state index is 0.160. The first-order valence-corrected chi connectivity index (χ1v) is 12.0. The van der Waals surface area contributed by atoms with E-state index in [9.17, 15) is 10.1 Å². The number of ether oxygens (including phenoxy) is 1. The van der Waals surface area contributed by atoms with Gasteiger partial charge in [0.2, 0.25) is 0 Å². The van der Waals surface area contributed by atoms with E-state index in [0.717, 1.165) is 46.3 Å². The van der Waals surface area contributed by atoms with Gasteiger partial charge in [0.1, 0.15) is 17.6 Å². The molecule has 3 aromatic rings. The number of esters is 1. The maximum atomic E-state index is 12.0. The van der Waals surface area contributed by atoms with Gasteiger partial charge in [0.05, 0.1) is 12.2 Å². The van der Waals surface area contributed by atoms with Crippen molar-refractivity contribution >= 4 is 39.4 Å². The lowest BCUT2D eigenvalue weighted by Gasteiger charge is -2.33. The first-order chi connectivity index (χ1) is 15.3. The van der Waals surface area contributed by atoms with Crippen LogP contribution in [-0.4, -0.2) is 23.4 Å². The Labute approximate surface area is 193 Å². The highest BCUT2D eigenvalue weighted by Crippen LogP contribution is 2.44. The van der Waals surface area contributed by atoms with E-state index in [-0.39, 0.29) is 17.9 Å². The Morgan fingerprint density at radius 2 is 2.16 bits per heavy atom. The molecular formula is C26H29N3O2S. The number of para-hydroxylation sites is 1. The standard InChI is InChI=1S/C26H29N3O2S/c1-5-31-24(30)16-29-15-17(19-8-6-7-9-22(19)29)14-28-25-21(13-27)20-11-10-18(26(2,3)4)12-23(20)32-25/h6-9,14-15,18H,5,10-12,16H2,1-4H3/t18-/m1/s1. The predicted octanol–water partition coefficient (Wildman–Crippen LogP) is 6.04. The lowest BCUT2D eigenvalue weighted by molar-refractivity contribution is -0.143. The van der Waals surface area contributed by atoms with Crippen LogP contribution >= 0.6 is 11.3 Å². The molecular weight excluding hydrogens is 418 g/mol. The molecule has 0 bridgehead atoms. The molecule has 1 atom stereocenters. The summed E-state index contributed by atoms with van der Waals surface area (Å²) in [5.41, 5.74) is 4.06. The number of benzene rings is 1. The highest BCUT2D eigenvalue weighted by molar-refractivity contribution is 7.16. The van der Waals surface area contributed by atoms with E-state index in [1.54, 1.807) is 18.3 Å². The molecule has 1 aromatic carbocycles. The highest BCUT2D eigenvalue weighted by atomic mass is 32.1. The monoisotopic (exact) mass is 447 g/mol. The molecule has 0 fully saturated rings. The van der Waals surface area contributed by atoms with E-state index in [1.165, 1.54) is 10.4 Å². The van der Waals surface area contributed by atoms with Gasteiger partial charge in [-0.05, 0) is 49.1 Å². The van der Waals surface area contributed by atoms with Crippen molar-refractivity contribution < 1.29 is 9.53 Å². The number of hydrogen-bond acceptors (Lipinski definition) is 5. The van der Waals surface area contributed by atoms with Crippen LogP contribution in [0.5, 0.6) is 0 Å². The van der Waals surface area contributed by atoms with Gasteiger partial charge in [0.25, 0.3) is 0 Å². The quantitative estimate of drug-likeness (QED) is 0.354. The first kappa shape index (κ1) is 22.3. The maximum absolute atomic E-state index is 12.0.